The topological polar surface area (TPSA) is 119 Å². The molecule has 0 radical (unpaired) electrons. The second kappa shape index (κ2) is 12.0. The van der Waals surface area contributed by atoms with Crippen LogP contribution in [0.4, 0.5) is 10.1 Å². The van der Waals surface area contributed by atoms with Gasteiger partial charge in [-0.25, -0.2) is 9.38 Å². The van der Waals surface area contributed by atoms with Crippen LogP contribution in [0.15, 0.2) is 75.8 Å². The van der Waals surface area contributed by atoms with E-state index < -0.39 is 22.6 Å². The summed E-state index contributed by atoms with van der Waals surface area (Å²) in [5.41, 5.74) is 13.5. The van der Waals surface area contributed by atoms with E-state index >= 15 is 0 Å². The molecule has 0 fully saturated rings. The number of aldehydes is 1. The quantitative estimate of drug-likeness (QED) is 0.127. The number of carboxylic acid groups (broad SMARTS) is 1. The lowest BCUT2D eigenvalue weighted by Crippen LogP contribution is -2.26. The van der Waals surface area contributed by atoms with Crippen LogP contribution in [0.5, 0.6) is 0 Å². The number of carboxylic acids is 1. The van der Waals surface area contributed by atoms with E-state index in [1.165, 1.54) is 30.0 Å². The monoisotopic (exact) mass is 513 g/mol. The van der Waals surface area contributed by atoms with E-state index in [9.17, 15) is 19.1 Å². The van der Waals surface area contributed by atoms with E-state index in [2.05, 4.69) is 24.7 Å². The van der Waals surface area contributed by atoms with Crippen molar-refractivity contribution in [1.29, 1.82) is 0 Å². The maximum absolute atomic E-state index is 13.4. The number of allylic oxidation sites excluding steroid dienone is 5. The largest absolute Gasteiger partial charge is 0.481 e. The lowest BCUT2D eigenvalue weighted by atomic mass is 9.80. The van der Waals surface area contributed by atoms with E-state index in [0.29, 0.717) is 39.3 Å². The Balaban J connectivity index is 3.39. The number of anilines is 1. The second-order valence-corrected chi connectivity index (χ2v) is 10.6. The van der Waals surface area contributed by atoms with Gasteiger partial charge in [0.05, 0.1) is 10.8 Å². The maximum Gasteiger partial charge on any atom is 0.309 e. The third-order valence-electron chi connectivity index (χ3n) is 5.78. The molecule has 1 aromatic carbocycles. The number of aliphatic carboxylic acids is 1. The van der Waals surface area contributed by atoms with Crippen molar-refractivity contribution in [1.82, 2.24) is 0 Å². The molecule has 0 heterocycles. The van der Waals surface area contributed by atoms with E-state index in [1.54, 1.807) is 40.0 Å². The molecular weight excluding hydrogens is 477 g/mol. The number of carbonyl (C=O) groups excluding carboxylic acids is 1. The first kappa shape index (κ1) is 30.6. The Bertz CT molecular complexity index is 1190. The minimum Gasteiger partial charge on any atom is -0.481 e. The molecule has 0 amide bonds. The number of nitrogens with zero attached hydrogens (tertiary/aromatic N) is 1. The summed E-state index contributed by atoms with van der Waals surface area (Å²) in [5, 5.41) is 11.2. The SMILES string of the molecule is C=C(C)/C(=C(N)\N=C(/C)C(=C)c1ccc(F)cc1N)[C@@](C)(C=O)C(=C)S/C=C(\C)CC(C)(C)C(=O)O. The van der Waals surface area contributed by atoms with Gasteiger partial charge in [-0.2, -0.15) is 0 Å². The first-order valence-corrected chi connectivity index (χ1v) is 12.0. The van der Waals surface area contributed by atoms with Gasteiger partial charge in [0.15, 0.2) is 0 Å². The third-order valence-corrected chi connectivity index (χ3v) is 7.01. The van der Waals surface area contributed by atoms with Crippen molar-refractivity contribution in [2.75, 3.05) is 5.73 Å². The molecule has 36 heavy (non-hydrogen) atoms. The van der Waals surface area contributed by atoms with Gasteiger partial charge in [0.25, 0.3) is 0 Å². The Hall–Kier alpha value is -3.39. The number of nitrogen functional groups attached to an aromatic ring is 1. The molecule has 0 unspecified atom stereocenters. The average Bonchev–Trinajstić information content (AvgIpc) is 2.76. The zero-order chi connectivity index (χ0) is 28.0. The highest BCUT2D eigenvalue weighted by atomic mass is 32.2. The molecule has 0 aliphatic rings. The molecule has 1 atom stereocenters. The molecule has 0 saturated carbocycles. The van der Waals surface area contributed by atoms with Crippen LogP contribution in [0.2, 0.25) is 0 Å². The lowest BCUT2D eigenvalue weighted by molar-refractivity contribution is -0.146. The van der Waals surface area contributed by atoms with Crippen molar-refractivity contribution >= 4 is 41.0 Å². The van der Waals surface area contributed by atoms with Crippen LogP contribution >= 0.6 is 11.8 Å². The van der Waals surface area contributed by atoms with Crippen LogP contribution in [0.3, 0.4) is 0 Å². The Morgan fingerprint density at radius 1 is 1.19 bits per heavy atom. The molecular formula is C28H36FN3O3S. The smallest absolute Gasteiger partial charge is 0.309 e. The predicted octanol–water partition coefficient (Wildman–Crippen LogP) is 6.49. The number of hydrogen-bond donors (Lipinski definition) is 3. The maximum atomic E-state index is 13.4. The zero-order valence-corrected chi connectivity index (χ0v) is 22.7. The minimum absolute atomic E-state index is 0.0610. The van der Waals surface area contributed by atoms with E-state index in [4.69, 9.17) is 11.5 Å². The van der Waals surface area contributed by atoms with Gasteiger partial charge >= 0.3 is 5.97 Å². The minimum atomic E-state index is -1.24. The van der Waals surface area contributed by atoms with Gasteiger partial charge in [0.1, 0.15) is 17.9 Å². The fourth-order valence-electron chi connectivity index (χ4n) is 3.61. The summed E-state index contributed by atoms with van der Waals surface area (Å²) >= 11 is 1.23. The van der Waals surface area contributed by atoms with E-state index in [-0.39, 0.29) is 11.5 Å². The zero-order valence-electron chi connectivity index (χ0n) is 21.9. The van der Waals surface area contributed by atoms with E-state index in [0.717, 1.165) is 11.9 Å². The molecule has 0 saturated heterocycles. The number of rotatable bonds is 12. The Morgan fingerprint density at radius 3 is 2.25 bits per heavy atom. The Kier molecular flexibility index (Phi) is 10.2. The van der Waals surface area contributed by atoms with Crippen LogP contribution in [0.25, 0.3) is 5.57 Å². The summed E-state index contributed by atoms with van der Waals surface area (Å²) in [6.07, 6.45) is 1.07. The van der Waals surface area contributed by atoms with Crippen molar-refractivity contribution in [2.45, 2.75) is 48.0 Å². The second-order valence-electron chi connectivity index (χ2n) is 9.64. The molecule has 0 aliphatic carbocycles. The number of nitrogens with two attached hydrogens (primary N) is 2. The van der Waals surface area contributed by atoms with Gasteiger partial charge in [-0.15, -0.1) is 11.8 Å². The molecule has 0 spiro atoms. The molecule has 8 heteroatoms. The normalized spacial score (nSPS) is 15.0. The highest BCUT2D eigenvalue weighted by molar-refractivity contribution is 8.05. The average molecular weight is 514 g/mol. The van der Waals surface area contributed by atoms with Crippen molar-refractivity contribution in [3.8, 4) is 0 Å². The van der Waals surface area contributed by atoms with Gasteiger partial charge < -0.3 is 21.4 Å². The fraction of sp³-hybridized carbons (Fsp3) is 0.321. The van der Waals surface area contributed by atoms with Crippen molar-refractivity contribution < 1.29 is 19.1 Å². The van der Waals surface area contributed by atoms with Crippen LogP contribution in [-0.4, -0.2) is 23.1 Å². The van der Waals surface area contributed by atoms with Crippen LogP contribution in [0, 0.1) is 16.6 Å². The molecule has 0 aliphatic heterocycles. The third kappa shape index (κ3) is 7.31. The molecule has 0 bridgehead atoms. The number of benzene rings is 1. The van der Waals surface area contributed by atoms with E-state index in [1.807, 2.05) is 6.92 Å². The molecule has 0 aromatic heterocycles. The van der Waals surface area contributed by atoms with Gasteiger partial charge in [-0.3, -0.25) is 4.79 Å². The van der Waals surface area contributed by atoms with Gasteiger partial charge in [0, 0.05) is 22.5 Å². The van der Waals surface area contributed by atoms with Crippen molar-refractivity contribution in [2.24, 2.45) is 21.6 Å². The first-order valence-electron chi connectivity index (χ1n) is 11.1. The standard InChI is InChI=1S/C28H36FN3O3S/c1-16(2)24(25(31)32-19(5)18(4)22-11-10-21(29)12-23(22)30)28(9,15-33)20(6)36-14-17(3)13-27(7,8)26(34)35/h10-12,14-15H,1,4,6,13,30-31H2,2-3,5,7-9H3,(H,34,35)/b17-14+,25-24+,32-19+/t28-/m0/s1. The number of aliphatic imine (C=N–C) groups is 1. The Labute approximate surface area is 217 Å². The first-order chi connectivity index (χ1) is 16.5. The van der Waals surface area contributed by atoms with Crippen LogP contribution < -0.4 is 11.5 Å². The van der Waals surface area contributed by atoms with Crippen molar-refractivity contribution in [3.05, 3.63) is 82.2 Å². The summed E-state index contributed by atoms with van der Waals surface area (Å²) < 4.78 is 13.4. The van der Waals surface area contributed by atoms with Crippen LogP contribution in [0.1, 0.15) is 53.5 Å². The lowest BCUT2D eigenvalue weighted by Gasteiger charge is -2.29. The van der Waals surface area contributed by atoms with Crippen molar-refractivity contribution in [3.63, 3.8) is 0 Å². The number of hydrogen-bond acceptors (Lipinski definition) is 6. The predicted molar refractivity (Wildman–Crippen MR) is 150 cm³/mol. The fourth-order valence-corrected chi connectivity index (χ4v) is 4.43. The van der Waals surface area contributed by atoms with Crippen LogP contribution in [-0.2, 0) is 9.59 Å². The molecule has 5 N–H and O–H groups in total. The number of halogens is 1. The summed E-state index contributed by atoms with van der Waals surface area (Å²) in [6.45, 7) is 22.3. The number of thioether (sulfide) groups is 1. The van der Waals surface area contributed by atoms with Gasteiger partial charge in [-0.1, -0.05) is 30.9 Å². The molecule has 6 nitrogen and oxygen atoms in total. The number of carbonyl (C=O) groups is 2. The highest BCUT2D eigenvalue weighted by Crippen LogP contribution is 2.44. The summed E-state index contributed by atoms with van der Waals surface area (Å²) in [4.78, 5) is 28.8. The van der Waals surface area contributed by atoms with Gasteiger partial charge in [0.2, 0.25) is 0 Å². The summed E-state index contributed by atoms with van der Waals surface area (Å²) in [6, 6.07) is 3.99. The molecule has 194 valence electrons. The van der Waals surface area contributed by atoms with Gasteiger partial charge in [-0.05, 0) is 82.0 Å². The Morgan fingerprint density at radius 2 is 1.78 bits per heavy atom. The summed E-state index contributed by atoms with van der Waals surface area (Å²) in [5.74, 6) is -1.30. The molecule has 1 aromatic rings. The summed E-state index contributed by atoms with van der Waals surface area (Å²) in [7, 11) is 0. The highest BCUT2D eigenvalue weighted by Gasteiger charge is 2.35. The molecule has 1 rings (SSSR count).